The van der Waals surface area contributed by atoms with E-state index >= 15 is 0 Å². The molecule has 0 radical (unpaired) electrons. The van der Waals surface area contributed by atoms with E-state index in [0.717, 1.165) is 5.56 Å². The van der Waals surface area contributed by atoms with Crippen LogP contribution in [0.15, 0.2) is 66.3 Å². The van der Waals surface area contributed by atoms with Gasteiger partial charge in [0.15, 0.2) is 28.5 Å². The van der Waals surface area contributed by atoms with Gasteiger partial charge in [-0.25, -0.2) is 15.0 Å². The Bertz CT molecular complexity index is 1120. The van der Waals surface area contributed by atoms with Gasteiger partial charge in [0.2, 0.25) is 0 Å². The molecule has 0 atom stereocenters. The van der Waals surface area contributed by atoms with Crippen LogP contribution in [0, 0.1) is 0 Å². The Hall–Kier alpha value is -3.94. The first-order valence-corrected chi connectivity index (χ1v) is 8.61. The molecule has 0 bridgehead atoms. The van der Waals surface area contributed by atoms with Crippen LogP contribution >= 0.6 is 0 Å². The lowest BCUT2D eigenvalue weighted by Gasteiger charge is -2.05. The zero-order chi connectivity index (χ0) is 19.3. The Morgan fingerprint density at radius 1 is 1.11 bits per heavy atom. The number of nitrogens with zero attached hydrogens (tertiary/aromatic N) is 5. The number of hydrogen-bond acceptors (Lipinski definition) is 7. The first kappa shape index (κ1) is 17.5. The summed E-state index contributed by atoms with van der Waals surface area (Å²) in [5.41, 5.74) is 5.87. The molecule has 0 aliphatic carbocycles. The van der Waals surface area contributed by atoms with Gasteiger partial charge < -0.3 is 14.4 Å². The average molecular weight is 374 g/mol. The number of fused-ring (bicyclic) bond motifs is 1. The molecule has 0 aliphatic rings. The molecule has 0 amide bonds. The number of methoxy groups -OCH3 is 1. The second kappa shape index (κ2) is 7.75. The molecule has 2 heterocycles. The van der Waals surface area contributed by atoms with E-state index in [4.69, 9.17) is 4.74 Å². The lowest BCUT2D eigenvalue weighted by atomic mass is 10.2. The third-order valence-corrected chi connectivity index (χ3v) is 4.22. The van der Waals surface area contributed by atoms with E-state index in [1.807, 2.05) is 22.8 Å². The van der Waals surface area contributed by atoms with Crippen molar-refractivity contribution in [3.63, 3.8) is 0 Å². The highest BCUT2D eigenvalue weighted by atomic mass is 16.5. The van der Waals surface area contributed by atoms with Gasteiger partial charge in [-0.3, -0.25) is 5.43 Å². The molecule has 0 aliphatic heterocycles. The molecular weight excluding hydrogens is 356 g/mol. The lowest BCUT2D eigenvalue weighted by Crippen LogP contribution is -2.01. The zero-order valence-electron chi connectivity index (χ0n) is 15.1. The second-order valence-corrected chi connectivity index (χ2v) is 6.02. The Morgan fingerprint density at radius 3 is 2.79 bits per heavy atom. The SMILES string of the molecule is COc1cccc(/C=N\Nc2ncnc3c2ncn3Cc2ccccc2)c1O. The number of imidazole rings is 1. The summed E-state index contributed by atoms with van der Waals surface area (Å²) in [6, 6.07) is 15.3. The van der Waals surface area contributed by atoms with E-state index in [9.17, 15) is 5.11 Å². The number of hydrogen-bond donors (Lipinski definition) is 2. The summed E-state index contributed by atoms with van der Waals surface area (Å²) in [4.78, 5) is 13.0. The van der Waals surface area contributed by atoms with Crippen LogP contribution in [0.2, 0.25) is 0 Å². The van der Waals surface area contributed by atoms with Crippen LogP contribution in [0.5, 0.6) is 11.5 Å². The highest BCUT2D eigenvalue weighted by molar-refractivity contribution is 5.87. The average Bonchev–Trinajstić information content (AvgIpc) is 3.14. The Balaban J connectivity index is 1.57. The summed E-state index contributed by atoms with van der Waals surface area (Å²) >= 11 is 0. The monoisotopic (exact) mass is 374 g/mol. The standard InChI is InChI=1S/C20H18N6O2/c1-28-16-9-5-8-15(18(16)27)10-24-25-19-17-20(22-12-21-19)26(13-23-17)11-14-6-3-2-4-7-14/h2-10,12-13,27H,11H2,1H3,(H,21,22,25)/b24-10-. The largest absolute Gasteiger partial charge is 0.504 e. The fourth-order valence-corrected chi connectivity index (χ4v) is 2.83. The number of phenolic OH excluding ortho intramolecular Hbond substituents is 1. The molecular formula is C20H18N6O2. The Labute approximate surface area is 161 Å². The van der Waals surface area contributed by atoms with Gasteiger partial charge in [0, 0.05) is 5.56 Å². The summed E-state index contributed by atoms with van der Waals surface area (Å²) in [6.45, 7) is 0.661. The van der Waals surface area contributed by atoms with Gasteiger partial charge >= 0.3 is 0 Å². The third-order valence-electron chi connectivity index (χ3n) is 4.22. The zero-order valence-corrected chi connectivity index (χ0v) is 15.1. The van der Waals surface area contributed by atoms with Crippen molar-refractivity contribution in [3.8, 4) is 11.5 Å². The van der Waals surface area contributed by atoms with Crippen LogP contribution in [0.25, 0.3) is 11.2 Å². The summed E-state index contributed by atoms with van der Waals surface area (Å²) < 4.78 is 7.05. The second-order valence-electron chi connectivity index (χ2n) is 6.02. The summed E-state index contributed by atoms with van der Waals surface area (Å²) in [5.74, 6) is 0.888. The van der Waals surface area contributed by atoms with Gasteiger partial charge in [-0.15, -0.1) is 0 Å². The highest BCUT2D eigenvalue weighted by Gasteiger charge is 2.10. The minimum absolute atomic E-state index is 0.0236. The van der Waals surface area contributed by atoms with E-state index in [1.54, 1.807) is 24.5 Å². The minimum atomic E-state index is 0.0236. The number of aromatic nitrogens is 4. The number of phenols is 1. The van der Waals surface area contributed by atoms with Crippen LogP contribution in [-0.4, -0.2) is 37.9 Å². The molecule has 4 rings (SSSR count). The fraction of sp³-hybridized carbons (Fsp3) is 0.100. The van der Waals surface area contributed by atoms with Gasteiger partial charge in [0.1, 0.15) is 6.33 Å². The molecule has 2 N–H and O–H groups in total. The van der Waals surface area contributed by atoms with Crippen molar-refractivity contribution >= 4 is 23.2 Å². The summed E-state index contributed by atoms with van der Waals surface area (Å²) in [7, 11) is 1.50. The van der Waals surface area contributed by atoms with Crippen molar-refractivity contribution in [1.82, 2.24) is 19.5 Å². The summed E-state index contributed by atoms with van der Waals surface area (Å²) in [5, 5.41) is 14.3. The molecule has 8 nitrogen and oxygen atoms in total. The smallest absolute Gasteiger partial charge is 0.177 e. The topological polar surface area (TPSA) is 97.5 Å². The molecule has 0 spiro atoms. The van der Waals surface area contributed by atoms with E-state index in [0.29, 0.717) is 34.8 Å². The summed E-state index contributed by atoms with van der Waals surface area (Å²) in [6.07, 6.45) is 4.69. The first-order chi connectivity index (χ1) is 13.8. The molecule has 28 heavy (non-hydrogen) atoms. The molecule has 0 fully saturated rings. The maximum absolute atomic E-state index is 10.1. The van der Waals surface area contributed by atoms with Crippen LogP contribution in [0.4, 0.5) is 5.82 Å². The number of aromatic hydroxyl groups is 1. The number of hydrazone groups is 1. The molecule has 140 valence electrons. The Morgan fingerprint density at radius 2 is 1.96 bits per heavy atom. The van der Waals surface area contributed by atoms with Crippen LogP contribution in [0.1, 0.15) is 11.1 Å². The van der Waals surface area contributed by atoms with Crippen molar-refractivity contribution in [1.29, 1.82) is 0 Å². The van der Waals surface area contributed by atoms with Gasteiger partial charge in [0.05, 0.1) is 26.2 Å². The Kier molecular flexibility index (Phi) is 4.83. The van der Waals surface area contributed by atoms with Crippen molar-refractivity contribution in [3.05, 3.63) is 72.3 Å². The van der Waals surface area contributed by atoms with E-state index < -0.39 is 0 Å². The maximum atomic E-state index is 10.1. The molecule has 8 heteroatoms. The maximum Gasteiger partial charge on any atom is 0.177 e. The van der Waals surface area contributed by atoms with E-state index in [-0.39, 0.29) is 5.75 Å². The fourth-order valence-electron chi connectivity index (χ4n) is 2.83. The number of anilines is 1. The van der Waals surface area contributed by atoms with E-state index in [2.05, 4.69) is 37.6 Å². The predicted molar refractivity (Wildman–Crippen MR) is 107 cm³/mol. The minimum Gasteiger partial charge on any atom is -0.504 e. The number of para-hydroxylation sites is 1. The molecule has 0 saturated heterocycles. The number of rotatable bonds is 6. The van der Waals surface area contributed by atoms with Crippen molar-refractivity contribution in [2.45, 2.75) is 6.54 Å². The van der Waals surface area contributed by atoms with Crippen molar-refractivity contribution in [2.24, 2.45) is 5.10 Å². The van der Waals surface area contributed by atoms with Crippen molar-refractivity contribution in [2.75, 3.05) is 12.5 Å². The van der Waals surface area contributed by atoms with E-state index in [1.165, 1.54) is 19.7 Å². The normalized spacial score (nSPS) is 11.2. The highest BCUT2D eigenvalue weighted by Crippen LogP contribution is 2.28. The molecule has 0 saturated carbocycles. The van der Waals surface area contributed by atoms with Crippen LogP contribution in [-0.2, 0) is 6.54 Å². The van der Waals surface area contributed by atoms with Crippen molar-refractivity contribution < 1.29 is 9.84 Å². The number of ether oxygens (including phenoxy) is 1. The molecule has 2 aromatic heterocycles. The van der Waals surface area contributed by atoms with Gasteiger partial charge in [-0.1, -0.05) is 36.4 Å². The quantitative estimate of drug-likeness (QED) is 0.398. The van der Waals surface area contributed by atoms with Gasteiger partial charge in [-0.05, 0) is 17.7 Å². The van der Waals surface area contributed by atoms with Crippen LogP contribution < -0.4 is 10.2 Å². The molecule has 2 aromatic carbocycles. The van der Waals surface area contributed by atoms with Crippen LogP contribution in [0.3, 0.4) is 0 Å². The van der Waals surface area contributed by atoms with Gasteiger partial charge in [-0.2, -0.15) is 5.10 Å². The molecule has 4 aromatic rings. The lowest BCUT2D eigenvalue weighted by molar-refractivity contribution is 0.373. The first-order valence-electron chi connectivity index (χ1n) is 8.61. The van der Waals surface area contributed by atoms with Gasteiger partial charge in [0.25, 0.3) is 0 Å². The predicted octanol–water partition coefficient (Wildman–Crippen LogP) is 3.03. The third kappa shape index (κ3) is 3.48. The number of benzene rings is 2. The molecule has 0 unspecified atom stereocenters. The number of nitrogens with one attached hydrogen (secondary N) is 1.